The van der Waals surface area contributed by atoms with Crippen molar-refractivity contribution in [1.29, 1.82) is 0 Å². The van der Waals surface area contributed by atoms with Crippen molar-refractivity contribution in [2.24, 2.45) is 46.3 Å². The molecule has 7 N–H and O–H groups in total. The van der Waals surface area contributed by atoms with Crippen molar-refractivity contribution in [1.82, 2.24) is 0 Å². The van der Waals surface area contributed by atoms with Crippen molar-refractivity contribution in [2.45, 2.75) is 146 Å². The van der Waals surface area contributed by atoms with Gasteiger partial charge < -0.3 is 54.7 Å². The van der Waals surface area contributed by atoms with Gasteiger partial charge in [-0.25, -0.2) is 0 Å². The van der Waals surface area contributed by atoms with E-state index in [9.17, 15) is 35.7 Å². The predicted molar refractivity (Wildman–Crippen MR) is 155 cm³/mol. The maximum Gasteiger partial charge on any atom is 0.187 e. The quantitative estimate of drug-likeness (QED) is 0.219. The lowest BCUT2D eigenvalue weighted by Crippen LogP contribution is -2.71. The number of hydrogen-bond acceptors (Lipinski definition) is 11. The van der Waals surface area contributed by atoms with E-state index in [1.165, 1.54) is 0 Å². The summed E-state index contributed by atoms with van der Waals surface area (Å²) in [6, 6.07) is 0. The van der Waals surface area contributed by atoms with E-state index in [1.54, 1.807) is 0 Å². The highest BCUT2D eigenvalue weighted by Gasteiger charge is 2.72. The van der Waals surface area contributed by atoms with Crippen molar-refractivity contribution in [2.75, 3.05) is 13.2 Å². The topological polar surface area (TPSA) is 179 Å². The molecule has 0 aromatic rings. The molecule has 252 valence electrons. The Morgan fingerprint density at radius 2 is 1.64 bits per heavy atom. The predicted octanol–water partition coefficient (Wildman–Crippen LogP) is 0.675. The standard InChI is InChI=1S/C33H54O11/c1-15-5-8-33(41-14-15)16(2)25-21(44-33)10-19-17-9-24(36)32(40)12-22(42-29-28(39)27(38)26(37)23(13-34)43-29)20(35)11-31(32,4)18(17)6-7-30(19,25)3/h15-29,34-40H,5-14H2,1-4H3. The van der Waals surface area contributed by atoms with Crippen molar-refractivity contribution in [3.05, 3.63) is 0 Å². The lowest BCUT2D eigenvalue weighted by atomic mass is 9.42. The molecule has 44 heavy (non-hydrogen) atoms. The summed E-state index contributed by atoms with van der Waals surface area (Å²) in [5.41, 5.74) is -2.29. The van der Waals surface area contributed by atoms with Crippen molar-refractivity contribution in [3.63, 3.8) is 0 Å². The summed E-state index contributed by atoms with van der Waals surface area (Å²) in [6.07, 6.45) is -4.87. The largest absolute Gasteiger partial charge is 0.394 e. The van der Waals surface area contributed by atoms with E-state index < -0.39 is 72.4 Å². The molecule has 4 aliphatic carbocycles. The molecule has 7 aliphatic rings. The molecule has 0 aromatic heterocycles. The molecule has 0 radical (unpaired) electrons. The molecule has 0 amide bonds. The molecule has 11 nitrogen and oxygen atoms in total. The SMILES string of the molecule is CC1CCC2(OC1)OC1CC3C4CC(O)C5(O)CC(OC6OC(CO)C(O)C(O)C6O)C(O)CC5(C)C4CCC3(C)C1C2C. The van der Waals surface area contributed by atoms with Crippen LogP contribution in [-0.4, -0.2) is 115 Å². The van der Waals surface area contributed by atoms with Gasteiger partial charge in [-0.1, -0.05) is 27.7 Å². The summed E-state index contributed by atoms with van der Waals surface area (Å²) >= 11 is 0. The van der Waals surface area contributed by atoms with Gasteiger partial charge in [0.05, 0.1) is 43.2 Å². The minimum Gasteiger partial charge on any atom is -0.394 e. The molecule has 0 aromatic carbocycles. The second-order valence-corrected chi connectivity index (χ2v) is 16.3. The van der Waals surface area contributed by atoms with E-state index >= 15 is 0 Å². The van der Waals surface area contributed by atoms with Crippen LogP contribution in [0.25, 0.3) is 0 Å². The zero-order valence-electron chi connectivity index (χ0n) is 26.5. The average molecular weight is 627 g/mol. The Bertz CT molecular complexity index is 1080. The fourth-order valence-corrected chi connectivity index (χ4v) is 11.8. The third kappa shape index (κ3) is 4.34. The van der Waals surface area contributed by atoms with Crippen LogP contribution in [0, 0.1) is 46.3 Å². The Morgan fingerprint density at radius 3 is 2.32 bits per heavy atom. The molecule has 7 fully saturated rings. The van der Waals surface area contributed by atoms with Gasteiger partial charge in [-0.15, -0.1) is 0 Å². The van der Waals surface area contributed by atoms with Crippen LogP contribution >= 0.6 is 0 Å². The molecule has 3 aliphatic heterocycles. The monoisotopic (exact) mass is 626 g/mol. The molecule has 3 saturated heterocycles. The van der Waals surface area contributed by atoms with Crippen LogP contribution in [0.2, 0.25) is 0 Å². The number of ether oxygens (including phenoxy) is 4. The molecule has 11 heteroatoms. The number of rotatable bonds is 3. The first-order chi connectivity index (χ1) is 20.7. The van der Waals surface area contributed by atoms with Gasteiger partial charge >= 0.3 is 0 Å². The second kappa shape index (κ2) is 10.8. The third-order valence-corrected chi connectivity index (χ3v) is 14.3. The minimum absolute atomic E-state index is 0.0365. The van der Waals surface area contributed by atoms with E-state index in [1.807, 2.05) is 6.92 Å². The third-order valence-electron chi connectivity index (χ3n) is 14.3. The van der Waals surface area contributed by atoms with Gasteiger partial charge in [0.2, 0.25) is 0 Å². The molecular formula is C33H54O11. The zero-order chi connectivity index (χ0) is 31.6. The van der Waals surface area contributed by atoms with Gasteiger partial charge in [-0.3, -0.25) is 0 Å². The summed E-state index contributed by atoms with van der Waals surface area (Å²) in [5.74, 6) is 1.31. The fraction of sp³-hybridized carbons (Fsp3) is 1.00. The van der Waals surface area contributed by atoms with Crippen LogP contribution in [0.15, 0.2) is 0 Å². The summed E-state index contributed by atoms with van der Waals surface area (Å²) in [5, 5.41) is 76.0. The summed E-state index contributed by atoms with van der Waals surface area (Å²) in [7, 11) is 0. The number of aliphatic hydroxyl groups is 7. The summed E-state index contributed by atoms with van der Waals surface area (Å²) in [4.78, 5) is 0. The van der Waals surface area contributed by atoms with Gasteiger partial charge in [0, 0.05) is 24.2 Å². The van der Waals surface area contributed by atoms with Crippen molar-refractivity contribution in [3.8, 4) is 0 Å². The Balaban J connectivity index is 1.10. The van der Waals surface area contributed by atoms with E-state index in [0.717, 1.165) is 38.7 Å². The van der Waals surface area contributed by atoms with Crippen LogP contribution in [0.1, 0.15) is 79.1 Å². The van der Waals surface area contributed by atoms with E-state index in [-0.39, 0.29) is 42.1 Å². The van der Waals surface area contributed by atoms with Crippen LogP contribution in [0.4, 0.5) is 0 Å². The highest BCUT2D eigenvalue weighted by molar-refractivity contribution is 5.20. The Hall–Kier alpha value is -0.440. The van der Waals surface area contributed by atoms with Crippen LogP contribution in [0.3, 0.4) is 0 Å². The summed E-state index contributed by atoms with van der Waals surface area (Å²) in [6.45, 7) is 9.10. The maximum atomic E-state index is 12.3. The number of aliphatic hydroxyl groups excluding tert-OH is 6. The van der Waals surface area contributed by atoms with Gasteiger partial charge in [0.15, 0.2) is 12.1 Å². The number of hydrogen-bond donors (Lipinski definition) is 7. The van der Waals surface area contributed by atoms with E-state index in [0.29, 0.717) is 24.2 Å². The molecule has 0 bridgehead atoms. The molecule has 3 heterocycles. The lowest BCUT2D eigenvalue weighted by molar-refractivity contribution is -0.340. The normalized spacial score (nSPS) is 62.1. The molecule has 19 unspecified atom stereocenters. The zero-order valence-corrected chi connectivity index (χ0v) is 26.5. The molecule has 19 atom stereocenters. The molecule has 4 saturated carbocycles. The molecular weight excluding hydrogens is 572 g/mol. The first-order valence-corrected chi connectivity index (χ1v) is 17.1. The van der Waals surface area contributed by atoms with Crippen LogP contribution in [-0.2, 0) is 18.9 Å². The second-order valence-electron chi connectivity index (χ2n) is 16.3. The minimum atomic E-state index is -1.62. The van der Waals surface area contributed by atoms with Gasteiger partial charge in [-0.2, -0.15) is 0 Å². The Labute approximate surface area is 259 Å². The lowest BCUT2D eigenvalue weighted by Gasteiger charge is -2.66. The van der Waals surface area contributed by atoms with Gasteiger partial charge in [0.25, 0.3) is 0 Å². The first-order valence-electron chi connectivity index (χ1n) is 17.1. The smallest absolute Gasteiger partial charge is 0.187 e. The average Bonchev–Trinajstić information content (AvgIpc) is 3.42. The van der Waals surface area contributed by atoms with Gasteiger partial charge in [-0.05, 0) is 73.5 Å². The van der Waals surface area contributed by atoms with Crippen molar-refractivity contribution >= 4 is 0 Å². The Kier molecular flexibility index (Phi) is 7.87. The van der Waals surface area contributed by atoms with Crippen molar-refractivity contribution < 1.29 is 54.7 Å². The fourth-order valence-electron chi connectivity index (χ4n) is 11.8. The first kappa shape index (κ1) is 32.1. The van der Waals surface area contributed by atoms with Gasteiger partial charge in [0.1, 0.15) is 24.4 Å². The highest BCUT2D eigenvalue weighted by atomic mass is 16.7. The van der Waals surface area contributed by atoms with E-state index in [4.69, 9.17) is 18.9 Å². The highest BCUT2D eigenvalue weighted by Crippen LogP contribution is 2.72. The maximum absolute atomic E-state index is 12.3. The molecule has 7 rings (SSSR count). The Morgan fingerprint density at radius 1 is 0.886 bits per heavy atom. The van der Waals surface area contributed by atoms with Crippen LogP contribution in [0.5, 0.6) is 0 Å². The molecule has 1 spiro atoms. The van der Waals surface area contributed by atoms with E-state index in [2.05, 4.69) is 20.8 Å². The number of fused-ring (bicyclic) bond motifs is 7. The summed E-state index contributed by atoms with van der Waals surface area (Å²) < 4.78 is 24.8. The van der Waals surface area contributed by atoms with Crippen LogP contribution < -0.4 is 0 Å².